The fourth-order valence-electron chi connectivity index (χ4n) is 2.00. The number of halogens is 1. The van der Waals surface area contributed by atoms with E-state index in [4.69, 9.17) is 11.6 Å². The summed E-state index contributed by atoms with van der Waals surface area (Å²) in [5.41, 5.74) is 0.0349. The molecule has 1 aliphatic rings. The van der Waals surface area contributed by atoms with Crippen molar-refractivity contribution in [1.29, 1.82) is 0 Å². The minimum absolute atomic E-state index is 0.0349. The third-order valence-corrected chi connectivity index (χ3v) is 3.02. The number of ketones is 2. The van der Waals surface area contributed by atoms with Gasteiger partial charge in [-0.25, -0.2) is 0 Å². The Morgan fingerprint density at radius 2 is 1.94 bits per heavy atom. The number of hydrogen-bond acceptors (Lipinski definition) is 3. The molecule has 0 spiro atoms. The van der Waals surface area contributed by atoms with Crippen molar-refractivity contribution >= 4 is 23.2 Å². The first-order valence-electron chi connectivity index (χ1n) is 5.64. The minimum atomic E-state index is -0.225. The van der Waals surface area contributed by atoms with E-state index >= 15 is 0 Å². The van der Waals surface area contributed by atoms with Crippen LogP contribution in [0.1, 0.15) is 39.0 Å². The largest absolute Gasteiger partial charge is 0.511 e. The van der Waals surface area contributed by atoms with Gasteiger partial charge in [-0.3, -0.25) is 9.59 Å². The van der Waals surface area contributed by atoms with Crippen molar-refractivity contribution in [3.05, 3.63) is 11.3 Å². The van der Waals surface area contributed by atoms with Crippen molar-refractivity contribution in [3.8, 4) is 0 Å². The van der Waals surface area contributed by atoms with Gasteiger partial charge in [-0.1, -0.05) is 6.92 Å². The van der Waals surface area contributed by atoms with Crippen LogP contribution in [0.3, 0.4) is 0 Å². The number of Topliss-reactive ketones (excluding diaryl/α,β-unsaturated/α-hetero) is 2. The number of carbonyl (C=O) groups is 2. The van der Waals surface area contributed by atoms with Gasteiger partial charge in [0, 0.05) is 25.1 Å². The molecule has 0 saturated heterocycles. The maximum Gasteiger partial charge on any atom is 0.170 e. The summed E-state index contributed by atoms with van der Waals surface area (Å²) in [4.78, 5) is 23.4. The van der Waals surface area contributed by atoms with E-state index in [0.29, 0.717) is 31.6 Å². The molecule has 0 aliphatic heterocycles. The third-order valence-electron chi connectivity index (χ3n) is 2.80. The highest BCUT2D eigenvalue weighted by molar-refractivity contribution is 6.22. The number of aliphatic hydroxyl groups excluding tert-OH is 1. The van der Waals surface area contributed by atoms with Crippen LogP contribution in [0.15, 0.2) is 11.3 Å². The van der Waals surface area contributed by atoms with Crippen molar-refractivity contribution in [3.63, 3.8) is 0 Å². The Kier molecular flexibility index (Phi) is 5.00. The van der Waals surface area contributed by atoms with E-state index in [1.807, 2.05) is 6.92 Å². The van der Waals surface area contributed by atoms with Gasteiger partial charge in [-0.05, 0) is 18.8 Å². The molecular weight excluding hydrogens is 228 g/mol. The first-order chi connectivity index (χ1) is 7.60. The number of aliphatic hydroxyl groups is 1. The lowest BCUT2D eigenvalue weighted by molar-refractivity contribution is -0.125. The Bertz CT molecular complexity index is 300. The third kappa shape index (κ3) is 3.08. The van der Waals surface area contributed by atoms with E-state index in [2.05, 4.69) is 0 Å². The second-order valence-corrected chi connectivity index (χ2v) is 4.55. The molecule has 1 fully saturated rings. The Balaban J connectivity index is 2.81. The normalized spacial score (nSPS) is 21.4. The van der Waals surface area contributed by atoms with Crippen molar-refractivity contribution in [1.82, 2.24) is 0 Å². The lowest BCUT2D eigenvalue weighted by Crippen LogP contribution is -2.27. The monoisotopic (exact) mass is 244 g/mol. The Hall–Kier alpha value is -0.830. The molecule has 1 aliphatic carbocycles. The molecule has 0 bridgehead atoms. The number of carbonyl (C=O) groups excluding carboxylic acids is 2. The molecule has 0 aromatic carbocycles. The molecule has 90 valence electrons. The zero-order valence-electron chi connectivity index (χ0n) is 9.46. The molecule has 3 nitrogen and oxygen atoms in total. The van der Waals surface area contributed by atoms with Crippen LogP contribution < -0.4 is 0 Å². The Morgan fingerprint density at radius 3 is 2.38 bits per heavy atom. The van der Waals surface area contributed by atoms with Crippen LogP contribution in [0.2, 0.25) is 0 Å². The molecule has 0 heterocycles. The summed E-state index contributed by atoms with van der Waals surface area (Å²) in [6, 6.07) is 0. The molecule has 16 heavy (non-hydrogen) atoms. The number of allylic oxidation sites excluding steroid dienone is 2. The minimum Gasteiger partial charge on any atom is -0.511 e. The van der Waals surface area contributed by atoms with Crippen LogP contribution in [0, 0.1) is 5.92 Å². The van der Waals surface area contributed by atoms with Crippen molar-refractivity contribution < 1.29 is 14.7 Å². The van der Waals surface area contributed by atoms with Gasteiger partial charge >= 0.3 is 0 Å². The molecular formula is C12H17ClO3. The quantitative estimate of drug-likeness (QED) is 0.358. The Morgan fingerprint density at radius 1 is 1.38 bits per heavy atom. The lowest BCUT2D eigenvalue weighted by Gasteiger charge is -2.21. The Labute approximate surface area is 100 Å². The smallest absolute Gasteiger partial charge is 0.170 e. The first kappa shape index (κ1) is 13.2. The van der Waals surface area contributed by atoms with Gasteiger partial charge in [-0.15, -0.1) is 11.6 Å². The van der Waals surface area contributed by atoms with Gasteiger partial charge in [0.2, 0.25) is 0 Å². The molecule has 0 aromatic heterocycles. The summed E-state index contributed by atoms with van der Waals surface area (Å²) in [6.45, 7) is 1.89. The average Bonchev–Trinajstić information content (AvgIpc) is 2.17. The summed E-state index contributed by atoms with van der Waals surface area (Å²) in [7, 11) is 0. The number of hydrogen-bond donors (Lipinski definition) is 1. The molecule has 0 atom stereocenters. The molecule has 1 N–H and O–H groups in total. The van der Waals surface area contributed by atoms with Crippen molar-refractivity contribution in [2.45, 2.75) is 39.0 Å². The van der Waals surface area contributed by atoms with Crippen LogP contribution in [0.25, 0.3) is 0 Å². The maximum atomic E-state index is 11.7. The van der Waals surface area contributed by atoms with Gasteiger partial charge in [0.05, 0.1) is 5.57 Å². The van der Waals surface area contributed by atoms with E-state index in [-0.39, 0.29) is 28.8 Å². The second-order valence-electron chi connectivity index (χ2n) is 4.17. The fourth-order valence-corrected chi connectivity index (χ4v) is 2.31. The standard InChI is InChI=1S/C12H17ClO3/c1-2-3-9(14)12-10(15)6-8(4-5-13)7-11(12)16/h8,14H,2-7H2,1H3. The summed E-state index contributed by atoms with van der Waals surface area (Å²) < 4.78 is 0. The topological polar surface area (TPSA) is 54.4 Å². The van der Waals surface area contributed by atoms with E-state index in [9.17, 15) is 14.7 Å². The number of rotatable bonds is 4. The van der Waals surface area contributed by atoms with Crippen LogP contribution in [-0.4, -0.2) is 22.6 Å². The predicted molar refractivity (Wildman–Crippen MR) is 62.6 cm³/mol. The molecule has 0 radical (unpaired) electrons. The molecule has 0 unspecified atom stereocenters. The van der Waals surface area contributed by atoms with Crippen LogP contribution >= 0.6 is 11.6 Å². The summed E-state index contributed by atoms with van der Waals surface area (Å²) >= 11 is 5.59. The lowest BCUT2D eigenvalue weighted by atomic mass is 9.81. The summed E-state index contributed by atoms with van der Waals surface area (Å²) in [5, 5.41) is 9.64. The highest BCUT2D eigenvalue weighted by atomic mass is 35.5. The predicted octanol–water partition coefficient (Wildman–Crippen LogP) is 2.78. The molecule has 4 heteroatoms. The number of alkyl halides is 1. The zero-order chi connectivity index (χ0) is 12.1. The highest BCUT2D eigenvalue weighted by Crippen LogP contribution is 2.27. The maximum absolute atomic E-state index is 11.7. The van der Waals surface area contributed by atoms with Crippen LogP contribution in [0.5, 0.6) is 0 Å². The summed E-state index contributed by atoms with van der Waals surface area (Å²) in [5.74, 6) is 0.0257. The van der Waals surface area contributed by atoms with Crippen molar-refractivity contribution in [2.24, 2.45) is 5.92 Å². The molecule has 1 saturated carbocycles. The van der Waals surface area contributed by atoms with Crippen LogP contribution in [-0.2, 0) is 9.59 Å². The second kappa shape index (κ2) is 6.04. The first-order valence-corrected chi connectivity index (χ1v) is 6.18. The molecule has 0 aromatic rings. The van der Waals surface area contributed by atoms with Gasteiger partial charge < -0.3 is 5.11 Å². The van der Waals surface area contributed by atoms with Crippen LogP contribution in [0.4, 0.5) is 0 Å². The summed E-state index contributed by atoms with van der Waals surface area (Å²) in [6.07, 6.45) is 2.47. The van der Waals surface area contributed by atoms with E-state index < -0.39 is 0 Å². The van der Waals surface area contributed by atoms with Crippen molar-refractivity contribution in [2.75, 3.05) is 5.88 Å². The average molecular weight is 245 g/mol. The molecule has 1 rings (SSSR count). The van der Waals surface area contributed by atoms with Gasteiger partial charge in [0.15, 0.2) is 11.6 Å². The molecule has 0 amide bonds. The van der Waals surface area contributed by atoms with E-state index in [0.717, 1.165) is 6.42 Å². The van der Waals surface area contributed by atoms with Gasteiger partial charge in [0.25, 0.3) is 0 Å². The van der Waals surface area contributed by atoms with Gasteiger partial charge in [-0.2, -0.15) is 0 Å². The highest BCUT2D eigenvalue weighted by Gasteiger charge is 2.32. The fraction of sp³-hybridized carbons (Fsp3) is 0.667. The van der Waals surface area contributed by atoms with E-state index in [1.54, 1.807) is 0 Å². The SMILES string of the molecule is CCCC(O)=C1C(=O)CC(CCCl)CC1=O. The van der Waals surface area contributed by atoms with E-state index in [1.165, 1.54) is 0 Å². The zero-order valence-corrected chi connectivity index (χ0v) is 10.2. The van der Waals surface area contributed by atoms with Gasteiger partial charge in [0.1, 0.15) is 5.76 Å².